The molecule has 2 aliphatic rings. The standard InChI is InChI=1S/C19H33N3O4/c1-15(2)22(12-13-26-3)19(25)16-7-8-18(24)21(14-16)11-5-10-20-9-4-6-17(20)23/h15-16H,4-14H2,1-3H3/t16-/m0/s1. The summed E-state index contributed by atoms with van der Waals surface area (Å²) in [7, 11) is 1.63. The highest BCUT2D eigenvalue weighted by Crippen LogP contribution is 2.21. The molecule has 0 bridgehead atoms. The minimum absolute atomic E-state index is 0.115. The fourth-order valence-corrected chi connectivity index (χ4v) is 3.77. The van der Waals surface area contributed by atoms with Gasteiger partial charge in [0.15, 0.2) is 0 Å². The molecule has 3 amide bonds. The Morgan fingerprint density at radius 1 is 1.19 bits per heavy atom. The second kappa shape index (κ2) is 9.90. The van der Waals surface area contributed by atoms with E-state index < -0.39 is 0 Å². The smallest absolute Gasteiger partial charge is 0.227 e. The van der Waals surface area contributed by atoms with Gasteiger partial charge in [-0.05, 0) is 33.1 Å². The number of likely N-dealkylation sites (tertiary alicyclic amines) is 2. The van der Waals surface area contributed by atoms with Crippen LogP contribution < -0.4 is 0 Å². The first kappa shape index (κ1) is 20.7. The monoisotopic (exact) mass is 367 g/mol. The van der Waals surface area contributed by atoms with Crippen molar-refractivity contribution < 1.29 is 19.1 Å². The van der Waals surface area contributed by atoms with Crippen molar-refractivity contribution in [2.45, 2.75) is 52.0 Å². The maximum Gasteiger partial charge on any atom is 0.227 e. The first-order chi connectivity index (χ1) is 12.4. The van der Waals surface area contributed by atoms with Crippen molar-refractivity contribution in [2.24, 2.45) is 5.92 Å². The second-order valence-corrected chi connectivity index (χ2v) is 7.53. The van der Waals surface area contributed by atoms with Crippen LogP contribution in [0.3, 0.4) is 0 Å². The molecule has 0 aromatic carbocycles. The van der Waals surface area contributed by atoms with Gasteiger partial charge in [-0.2, -0.15) is 0 Å². The summed E-state index contributed by atoms with van der Waals surface area (Å²) in [6, 6.07) is 0.116. The Morgan fingerprint density at radius 3 is 2.50 bits per heavy atom. The zero-order valence-corrected chi connectivity index (χ0v) is 16.4. The Bertz CT molecular complexity index is 509. The van der Waals surface area contributed by atoms with Crippen LogP contribution in [0.5, 0.6) is 0 Å². The van der Waals surface area contributed by atoms with Crippen molar-refractivity contribution >= 4 is 17.7 Å². The number of piperidine rings is 1. The van der Waals surface area contributed by atoms with Crippen LogP contribution in [0.1, 0.15) is 46.0 Å². The third kappa shape index (κ3) is 5.43. The number of methoxy groups -OCH3 is 1. The molecular weight excluding hydrogens is 334 g/mol. The Balaban J connectivity index is 1.86. The average molecular weight is 367 g/mol. The van der Waals surface area contributed by atoms with Gasteiger partial charge in [-0.3, -0.25) is 14.4 Å². The Hall–Kier alpha value is -1.63. The molecule has 0 unspecified atom stereocenters. The van der Waals surface area contributed by atoms with Crippen LogP contribution in [0.2, 0.25) is 0 Å². The molecule has 2 rings (SSSR count). The zero-order chi connectivity index (χ0) is 19.1. The average Bonchev–Trinajstić information content (AvgIpc) is 3.01. The van der Waals surface area contributed by atoms with Crippen LogP contribution in [0, 0.1) is 5.92 Å². The zero-order valence-electron chi connectivity index (χ0n) is 16.4. The first-order valence-corrected chi connectivity index (χ1v) is 9.79. The fraction of sp³-hybridized carbons (Fsp3) is 0.842. The van der Waals surface area contributed by atoms with Crippen molar-refractivity contribution in [3.63, 3.8) is 0 Å². The number of carbonyl (C=O) groups is 3. The Labute approximate surface area is 156 Å². The molecular formula is C19H33N3O4. The minimum Gasteiger partial charge on any atom is -0.383 e. The molecule has 2 fully saturated rings. The number of ether oxygens (including phenoxy) is 1. The van der Waals surface area contributed by atoms with Gasteiger partial charge in [0.25, 0.3) is 0 Å². The fourth-order valence-electron chi connectivity index (χ4n) is 3.77. The van der Waals surface area contributed by atoms with Crippen LogP contribution in [0.4, 0.5) is 0 Å². The van der Waals surface area contributed by atoms with Gasteiger partial charge in [0.2, 0.25) is 17.7 Å². The molecule has 2 saturated heterocycles. The lowest BCUT2D eigenvalue weighted by Crippen LogP contribution is -2.50. The lowest BCUT2D eigenvalue weighted by atomic mass is 9.95. The maximum atomic E-state index is 12.9. The summed E-state index contributed by atoms with van der Waals surface area (Å²) in [5, 5.41) is 0. The number of nitrogens with zero attached hydrogens (tertiary/aromatic N) is 3. The van der Waals surface area contributed by atoms with Crippen molar-refractivity contribution in [3.05, 3.63) is 0 Å². The van der Waals surface area contributed by atoms with Gasteiger partial charge in [0.1, 0.15) is 0 Å². The van der Waals surface area contributed by atoms with Gasteiger partial charge in [-0.1, -0.05) is 0 Å². The van der Waals surface area contributed by atoms with Crippen molar-refractivity contribution in [2.75, 3.05) is 46.4 Å². The summed E-state index contributed by atoms with van der Waals surface area (Å²) in [5.74, 6) is 0.313. The molecule has 7 nitrogen and oxygen atoms in total. The molecule has 1 atom stereocenters. The van der Waals surface area contributed by atoms with Crippen LogP contribution >= 0.6 is 0 Å². The number of amides is 3. The van der Waals surface area contributed by atoms with Crippen molar-refractivity contribution in [1.82, 2.24) is 14.7 Å². The number of carbonyl (C=O) groups excluding carboxylic acids is 3. The van der Waals surface area contributed by atoms with Crippen LogP contribution in [0.25, 0.3) is 0 Å². The van der Waals surface area contributed by atoms with Crippen LogP contribution in [-0.4, -0.2) is 84.9 Å². The molecule has 0 saturated carbocycles. The van der Waals surface area contributed by atoms with Gasteiger partial charge >= 0.3 is 0 Å². The van der Waals surface area contributed by atoms with E-state index in [0.29, 0.717) is 52.0 Å². The third-order valence-electron chi connectivity index (χ3n) is 5.32. The molecule has 2 heterocycles. The molecule has 0 aromatic rings. The summed E-state index contributed by atoms with van der Waals surface area (Å²) in [4.78, 5) is 42.3. The molecule has 0 aromatic heterocycles. The second-order valence-electron chi connectivity index (χ2n) is 7.53. The van der Waals surface area contributed by atoms with Gasteiger partial charge in [-0.25, -0.2) is 0 Å². The topological polar surface area (TPSA) is 70.2 Å². The third-order valence-corrected chi connectivity index (χ3v) is 5.32. The highest BCUT2D eigenvalue weighted by atomic mass is 16.5. The van der Waals surface area contributed by atoms with E-state index in [4.69, 9.17) is 4.74 Å². The van der Waals surface area contributed by atoms with E-state index in [9.17, 15) is 14.4 Å². The summed E-state index contributed by atoms with van der Waals surface area (Å²) < 4.78 is 5.12. The quantitative estimate of drug-likeness (QED) is 0.612. The summed E-state index contributed by atoms with van der Waals surface area (Å²) >= 11 is 0. The molecule has 26 heavy (non-hydrogen) atoms. The van der Waals surface area contributed by atoms with Gasteiger partial charge in [-0.15, -0.1) is 0 Å². The largest absolute Gasteiger partial charge is 0.383 e. The molecule has 0 N–H and O–H groups in total. The molecule has 2 aliphatic heterocycles. The first-order valence-electron chi connectivity index (χ1n) is 9.79. The lowest BCUT2D eigenvalue weighted by Gasteiger charge is -2.36. The van der Waals surface area contributed by atoms with E-state index in [0.717, 1.165) is 19.4 Å². The molecule has 0 radical (unpaired) electrons. The molecule has 0 spiro atoms. The summed E-state index contributed by atoms with van der Waals surface area (Å²) in [6.45, 7) is 7.74. The number of hydrogen-bond donors (Lipinski definition) is 0. The Kier molecular flexibility index (Phi) is 7.87. The van der Waals surface area contributed by atoms with Crippen LogP contribution in [-0.2, 0) is 19.1 Å². The lowest BCUT2D eigenvalue weighted by molar-refractivity contribution is -0.144. The number of rotatable bonds is 9. The molecule has 0 aliphatic carbocycles. The van der Waals surface area contributed by atoms with Gasteiger partial charge in [0.05, 0.1) is 12.5 Å². The van der Waals surface area contributed by atoms with Gasteiger partial charge < -0.3 is 19.4 Å². The maximum absolute atomic E-state index is 12.9. The highest BCUT2D eigenvalue weighted by Gasteiger charge is 2.33. The normalized spacial score (nSPS) is 21.0. The van der Waals surface area contributed by atoms with E-state index in [2.05, 4.69) is 0 Å². The molecule has 7 heteroatoms. The Morgan fingerprint density at radius 2 is 1.88 bits per heavy atom. The van der Waals surface area contributed by atoms with Crippen molar-refractivity contribution in [3.8, 4) is 0 Å². The minimum atomic E-state index is -0.139. The van der Waals surface area contributed by atoms with Gasteiger partial charge in [0, 0.05) is 58.7 Å². The highest BCUT2D eigenvalue weighted by molar-refractivity contribution is 5.84. The SMILES string of the molecule is COCCN(C(=O)[C@H]1CCC(=O)N(CCCN2CCCC2=O)C1)C(C)C. The van der Waals surface area contributed by atoms with Crippen molar-refractivity contribution in [1.29, 1.82) is 0 Å². The van der Waals surface area contributed by atoms with Crippen LogP contribution in [0.15, 0.2) is 0 Å². The van der Waals surface area contributed by atoms with E-state index in [1.54, 1.807) is 12.0 Å². The van der Waals surface area contributed by atoms with E-state index in [-0.39, 0.29) is 29.7 Å². The van der Waals surface area contributed by atoms with E-state index >= 15 is 0 Å². The van der Waals surface area contributed by atoms with E-state index in [1.807, 2.05) is 23.6 Å². The predicted molar refractivity (Wildman–Crippen MR) is 98.5 cm³/mol. The van der Waals surface area contributed by atoms with E-state index in [1.165, 1.54) is 0 Å². The number of hydrogen-bond acceptors (Lipinski definition) is 4. The summed E-state index contributed by atoms with van der Waals surface area (Å²) in [5.41, 5.74) is 0. The summed E-state index contributed by atoms with van der Waals surface area (Å²) in [6.07, 6.45) is 3.40. The predicted octanol–water partition coefficient (Wildman–Crippen LogP) is 1.12. The molecule has 148 valence electrons.